The molecule has 6 rings (SSSR count). The highest BCUT2D eigenvalue weighted by Crippen LogP contribution is 2.34. The van der Waals surface area contributed by atoms with Crippen LogP contribution in [0.15, 0.2) is 30.6 Å². The minimum atomic E-state index is -0.608. The number of likely N-dealkylation sites (tertiary alicyclic amines) is 1. The van der Waals surface area contributed by atoms with Crippen molar-refractivity contribution < 1.29 is 19.1 Å². The van der Waals surface area contributed by atoms with Crippen molar-refractivity contribution in [2.45, 2.75) is 44.1 Å². The third kappa shape index (κ3) is 4.16. The SMILES string of the molecule is CC1(C)CN(CC(=O)N2CC3C[C@H]2CO3)[C@H](C(=O)Nc2cc(Cl)cc3c2[nH]c2cnccc23)CO1. The summed E-state index contributed by atoms with van der Waals surface area (Å²) in [6, 6.07) is 5.05. The summed E-state index contributed by atoms with van der Waals surface area (Å²) in [5.41, 5.74) is 1.76. The number of nitrogens with one attached hydrogen (secondary N) is 2. The highest BCUT2D eigenvalue weighted by molar-refractivity contribution is 6.33. The quantitative estimate of drug-likeness (QED) is 0.575. The molecule has 1 unspecified atom stereocenters. The molecule has 3 fully saturated rings. The van der Waals surface area contributed by atoms with E-state index in [4.69, 9.17) is 21.1 Å². The Kier molecular flexibility index (Phi) is 5.48. The van der Waals surface area contributed by atoms with E-state index in [0.29, 0.717) is 30.4 Å². The molecule has 1 aromatic carbocycles. The first-order valence-corrected chi connectivity index (χ1v) is 12.3. The van der Waals surface area contributed by atoms with Crippen molar-refractivity contribution in [3.63, 3.8) is 0 Å². The number of pyridine rings is 1. The molecule has 2 aromatic heterocycles. The molecule has 0 saturated carbocycles. The zero-order valence-electron chi connectivity index (χ0n) is 19.7. The lowest BCUT2D eigenvalue weighted by molar-refractivity contribution is -0.152. The Bertz CT molecular complexity index is 1320. The van der Waals surface area contributed by atoms with Gasteiger partial charge in [0.05, 0.1) is 60.4 Å². The number of nitrogens with zero attached hydrogens (tertiary/aromatic N) is 3. The molecule has 0 aliphatic carbocycles. The van der Waals surface area contributed by atoms with E-state index in [9.17, 15) is 9.59 Å². The van der Waals surface area contributed by atoms with Crippen LogP contribution < -0.4 is 5.32 Å². The van der Waals surface area contributed by atoms with Crippen LogP contribution in [0, 0.1) is 0 Å². The summed E-state index contributed by atoms with van der Waals surface area (Å²) in [5, 5.41) is 5.45. The molecule has 184 valence electrons. The van der Waals surface area contributed by atoms with Crippen molar-refractivity contribution in [3.8, 4) is 0 Å². The number of halogens is 1. The lowest BCUT2D eigenvalue weighted by Gasteiger charge is -2.43. The number of ether oxygens (including phenoxy) is 2. The monoisotopic (exact) mass is 497 g/mol. The maximum atomic E-state index is 13.5. The van der Waals surface area contributed by atoms with E-state index < -0.39 is 11.6 Å². The van der Waals surface area contributed by atoms with E-state index in [2.05, 4.69) is 15.3 Å². The van der Waals surface area contributed by atoms with Gasteiger partial charge in [0.15, 0.2) is 0 Å². The molecule has 0 spiro atoms. The Balaban J connectivity index is 1.25. The molecule has 3 aliphatic rings. The van der Waals surface area contributed by atoms with Gasteiger partial charge in [0.1, 0.15) is 6.04 Å². The summed E-state index contributed by atoms with van der Waals surface area (Å²) < 4.78 is 11.6. The maximum Gasteiger partial charge on any atom is 0.244 e. The molecule has 3 saturated heterocycles. The largest absolute Gasteiger partial charge is 0.374 e. The Hall–Kier alpha value is -2.72. The van der Waals surface area contributed by atoms with Crippen LogP contribution >= 0.6 is 11.6 Å². The Morgan fingerprint density at radius 1 is 1.29 bits per heavy atom. The average Bonchev–Trinajstić information content (AvgIpc) is 3.53. The standard InChI is InChI=1S/C25H28ClN5O4/c1-25(2)13-30(10-22(32)31-9-16-7-15(31)11-34-16)21(12-35-25)24(33)29-19-6-14(26)5-18-17-3-4-27-8-20(17)28-23(18)19/h3-6,8,15-16,21,28H,7,9-13H2,1-2H3,(H,29,33)/t15-,16?,21-/m0/s1. The van der Waals surface area contributed by atoms with E-state index in [0.717, 1.165) is 28.2 Å². The molecule has 35 heavy (non-hydrogen) atoms. The molecular formula is C25H28ClN5O4. The van der Waals surface area contributed by atoms with Crippen LogP contribution in [-0.4, -0.2) is 88.2 Å². The highest BCUT2D eigenvalue weighted by atomic mass is 35.5. The summed E-state index contributed by atoms with van der Waals surface area (Å²) >= 11 is 6.41. The second-order valence-corrected chi connectivity index (χ2v) is 10.7. The minimum Gasteiger partial charge on any atom is -0.374 e. The summed E-state index contributed by atoms with van der Waals surface area (Å²) in [4.78, 5) is 38.1. The lowest BCUT2D eigenvalue weighted by Crippen LogP contribution is -2.60. The zero-order chi connectivity index (χ0) is 24.3. The minimum absolute atomic E-state index is 0.0320. The van der Waals surface area contributed by atoms with Crippen LogP contribution in [-0.2, 0) is 19.1 Å². The molecule has 10 heteroatoms. The van der Waals surface area contributed by atoms with Crippen LogP contribution in [0.1, 0.15) is 20.3 Å². The summed E-state index contributed by atoms with van der Waals surface area (Å²) in [6.07, 6.45) is 4.51. The van der Waals surface area contributed by atoms with Gasteiger partial charge in [0, 0.05) is 35.1 Å². The predicted molar refractivity (Wildman–Crippen MR) is 132 cm³/mol. The van der Waals surface area contributed by atoms with Gasteiger partial charge in [0.25, 0.3) is 0 Å². The number of aromatic nitrogens is 2. The fourth-order valence-electron chi connectivity index (χ4n) is 5.56. The molecule has 5 heterocycles. The molecular weight excluding hydrogens is 470 g/mol. The number of anilines is 1. The Labute approximate surface area is 207 Å². The number of carbonyl (C=O) groups excluding carboxylic acids is 2. The fraction of sp³-hybridized carbons (Fsp3) is 0.480. The highest BCUT2D eigenvalue weighted by Gasteiger charge is 2.44. The van der Waals surface area contributed by atoms with Crippen LogP contribution in [0.5, 0.6) is 0 Å². The van der Waals surface area contributed by atoms with Crippen molar-refractivity contribution in [1.29, 1.82) is 0 Å². The van der Waals surface area contributed by atoms with Crippen LogP contribution in [0.25, 0.3) is 21.8 Å². The number of hydrogen-bond donors (Lipinski definition) is 2. The number of amides is 2. The zero-order valence-corrected chi connectivity index (χ0v) is 20.5. The molecule has 3 atom stereocenters. The molecule has 3 aliphatic heterocycles. The smallest absolute Gasteiger partial charge is 0.244 e. The molecule has 0 radical (unpaired) electrons. The van der Waals surface area contributed by atoms with Crippen molar-refractivity contribution in [2.24, 2.45) is 0 Å². The molecule has 3 aromatic rings. The first-order valence-electron chi connectivity index (χ1n) is 11.9. The number of H-pyrrole nitrogens is 1. The number of fused-ring (bicyclic) bond motifs is 5. The normalized spacial score (nSPS) is 26.0. The first kappa shape index (κ1) is 22.7. The fourth-order valence-corrected chi connectivity index (χ4v) is 5.78. The number of rotatable bonds is 4. The van der Waals surface area contributed by atoms with Crippen molar-refractivity contribution >= 4 is 50.9 Å². The lowest BCUT2D eigenvalue weighted by atomic mass is 10.0. The molecule has 9 nitrogen and oxygen atoms in total. The summed E-state index contributed by atoms with van der Waals surface area (Å²) in [5.74, 6) is -0.204. The number of hydrogen-bond acceptors (Lipinski definition) is 6. The van der Waals surface area contributed by atoms with Crippen molar-refractivity contribution in [3.05, 3.63) is 35.6 Å². The molecule has 2 N–H and O–H groups in total. The number of morpholine rings is 2. The van der Waals surface area contributed by atoms with Gasteiger partial charge in [0.2, 0.25) is 11.8 Å². The predicted octanol–water partition coefficient (Wildman–Crippen LogP) is 2.79. The van der Waals surface area contributed by atoms with E-state index in [1.54, 1.807) is 18.5 Å². The summed E-state index contributed by atoms with van der Waals surface area (Å²) in [7, 11) is 0. The number of carbonyl (C=O) groups is 2. The van der Waals surface area contributed by atoms with E-state index >= 15 is 0 Å². The first-order chi connectivity index (χ1) is 16.8. The Morgan fingerprint density at radius 3 is 2.91 bits per heavy atom. The van der Waals surface area contributed by atoms with E-state index in [1.165, 1.54) is 0 Å². The van der Waals surface area contributed by atoms with Gasteiger partial charge in [-0.05, 0) is 38.5 Å². The molecule has 2 bridgehead atoms. The van der Waals surface area contributed by atoms with Gasteiger partial charge in [-0.15, -0.1) is 0 Å². The van der Waals surface area contributed by atoms with Crippen LogP contribution in [0.3, 0.4) is 0 Å². The van der Waals surface area contributed by atoms with Gasteiger partial charge in [-0.2, -0.15) is 0 Å². The third-order valence-corrected chi connectivity index (χ3v) is 7.47. The van der Waals surface area contributed by atoms with E-state index in [1.807, 2.05) is 35.8 Å². The van der Waals surface area contributed by atoms with Gasteiger partial charge in [-0.1, -0.05) is 11.6 Å². The van der Waals surface area contributed by atoms with Gasteiger partial charge in [-0.3, -0.25) is 19.5 Å². The third-order valence-electron chi connectivity index (χ3n) is 7.25. The van der Waals surface area contributed by atoms with E-state index in [-0.39, 0.29) is 37.1 Å². The average molecular weight is 498 g/mol. The van der Waals surface area contributed by atoms with Crippen LogP contribution in [0.4, 0.5) is 5.69 Å². The topological polar surface area (TPSA) is 99.8 Å². The summed E-state index contributed by atoms with van der Waals surface area (Å²) in [6.45, 7) is 6.01. The number of benzene rings is 1. The number of aromatic amines is 1. The molecule has 2 amide bonds. The second-order valence-electron chi connectivity index (χ2n) is 10.3. The van der Waals surface area contributed by atoms with Gasteiger partial charge in [-0.25, -0.2) is 0 Å². The van der Waals surface area contributed by atoms with Gasteiger partial charge >= 0.3 is 0 Å². The second kappa shape index (κ2) is 8.44. The Morgan fingerprint density at radius 2 is 2.14 bits per heavy atom. The van der Waals surface area contributed by atoms with Gasteiger partial charge < -0.3 is 24.7 Å². The van der Waals surface area contributed by atoms with Crippen molar-refractivity contribution in [1.82, 2.24) is 19.8 Å². The maximum absolute atomic E-state index is 13.5. The van der Waals surface area contributed by atoms with Crippen LogP contribution in [0.2, 0.25) is 5.02 Å². The van der Waals surface area contributed by atoms with Crippen molar-refractivity contribution in [2.75, 3.05) is 38.2 Å².